The maximum atomic E-state index is 12.8. The van der Waals surface area contributed by atoms with Gasteiger partial charge in [-0.05, 0) is 50.3 Å². The average molecular weight is 426 g/mol. The number of piperidine rings is 1. The van der Waals surface area contributed by atoms with E-state index < -0.39 is 6.04 Å². The number of nitrogens with zero attached hydrogens (tertiary/aromatic N) is 2. The second kappa shape index (κ2) is 9.61. The highest BCUT2D eigenvalue weighted by atomic mass is 35.5. The lowest BCUT2D eigenvalue weighted by molar-refractivity contribution is -0.132. The minimum absolute atomic E-state index is 0.0768. The Balaban J connectivity index is 1.54. The molecule has 2 aliphatic heterocycles. The quantitative estimate of drug-likeness (QED) is 0.787. The number of nitrogens with one attached hydrogen (secondary N) is 1. The molecule has 0 aromatic heterocycles. The maximum absolute atomic E-state index is 12.8. The van der Waals surface area contributed by atoms with Gasteiger partial charge in [0.25, 0.3) is 5.91 Å². The van der Waals surface area contributed by atoms with Gasteiger partial charge in [-0.2, -0.15) is 0 Å². The maximum Gasteiger partial charge on any atom is 0.254 e. The SMILES string of the molecule is O=C(NCCC(=O)N1CCCCC1)C1CCCN1C(=O)c1cc(Cl)cc(Cl)c1. The molecule has 3 amide bonds. The predicted octanol–water partition coefficient (Wildman–Crippen LogP) is 3.12. The third kappa shape index (κ3) is 5.17. The van der Waals surface area contributed by atoms with Crippen molar-refractivity contribution in [3.05, 3.63) is 33.8 Å². The van der Waals surface area contributed by atoms with Crippen molar-refractivity contribution in [2.75, 3.05) is 26.2 Å². The number of benzene rings is 1. The van der Waals surface area contributed by atoms with E-state index in [4.69, 9.17) is 23.2 Å². The fraction of sp³-hybridized carbons (Fsp3) is 0.550. The minimum Gasteiger partial charge on any atom is -0.354 e. The molecule has 6 nitrogen and oxygen atoms in total. The zero-order valence-corrected chi connectivity index (χ0v) is 17.3. The molecule has 8 heteroatoms. The summed E-state index contributed by atoms with van der Waals surface area (Å²) in [5, 5.41) is 3.58. The second-order valence-electron chi connectivity index (χ2n) is 7.30. The summed E-state index contributed by atoms with van der Waals surface area (Å²) in [5.74, 6) is -0.398. The van der Waals surface area contributed by atoms with Crippen LogP contribution in [-0.2, 0) is 9.59 Å². The van der Waals surface area contributed by atoms with Crippen molar-refractivity contribution in [3.8, 4) is 0 Å². The van der Waals surface area contributed by atoms with Crippen molar-refractivity contribution in [2.45, 2.75) is 44.6 Å². The van der Waals surface area contributed by atoms with Crippen molar-refractivity contribution in [1.82, 2.24) is 15.1 Å². The van der Waals surface area contributed by atoms with E-state index in [0.717, 1.165) is 32.4 Å². The summed E-state index contributed by atoms with van der Waals surface area (Å²) in [6.07, 6.45) is 4.91. The van der Waals surface area contributed by atoms with E-state index in [1.165, 1.54) is 6.42 Å². The van der Waals surface area contributed by atoms with Crippen LogP contribution < -0.4 is 5.32 Å². The van der Waals surface area contributed by atoms with Gasteiger partial charge in [-0.3, -0.25) is 14.4 Å². The van der Waals surface area contributed by atoms with Crippen LogP contribution in [0.5, 0.6) is 0 Å². The molecule has 2 heterocycles. The van der Waals surface area contributed by atoms with Crippen LogP contribution >= 0.6 is 23.2 Å². The minimum atomic E-state index is -0.532. The average Bonchev–Trinajstić information content (AvgIpc) is 3.17. The van der Waals surface area contributed by atoms with Crippen LogP contribution in [0.3, 0.4) is 0 Å². The third-order valence-electron chi connectivity index (χ3n) is 5.27. The molecular weight excluding hydrogens is 401 g/mol. The van der Waals surface area contributed by atoms with Crippen molar-refractivity contribution >= 4 is 40.9 Å². The molecule has 2 saturated heterocycles. The van der Waals surface area contributed by atoms with Gasteiger partial charge in [0, 0.05) is 48.2 Å². The first kappa shape index (κ1) is 20.9. The summed E-state index contributed by atoms with van der Waals surface area (Å²) < 4.78 is 0. The van der Waals surface area contributed by atoms with Gasteiger partial charge in [0.2, 0.25) is 11.8 Å². The van der Waals surface area contributed by atoms with E-state index in [1.54, 1.807) is 23.1 Å². The Morgan fingerprint density at radius 3 is 2.32 bits per heavy atom. The van der Waals surface area contributed by atoms with Crippen LogP contribution in [-0.4, -0.2) is 59.7 Å². The van der Waals surface area contributed by atoms with Crippen molar-refractivity contribution in [3.63, 3.8) is 0 Å². The molecule has 2 fully saturated rings. The van der Waals surface area contributed by atoms with Gasteiger partial charge in [-0.1, -0.05) is 23.2 Å². The van der Waals surface area contributed by atoms with Gasteiger partial charge in [0.1, 0.15) is 6.04 Å². The highest BCUT2D eigenvalue weighted by Crippen LogP contribution is 2.24. The molecule has 1 unspecified atom stereocenters. The fourth-order valence-electron chi connectivity index (χ4n) is 3.84. The largest absolute Gasteiger partial charge is 0.354 e. The molecule has 0 aliphatic carbocycles. The van der Waals surface area contributed by atoms with E-state index >= 15 is 0 Å². The molecule has 1 N–H and O–H groups in total. The Hall–Kier alpha value is -1.79. The van der Waals surface area contributed by atoms with E-state index in [0.29, 0.717) is 28.6 Å². The highest BCUT2D eigenvalue weighted by Gasteiger charge is 2.34. The third-order valence-corrected chi connectivity index (χ3v) is 5.71. The Morgan fingerprint density at radius 1 is 0.964 bits per heavy atom. The van der Waals surface area contributed by atoms with Crippen molar-refractivity contribution in [1.29, 1.82) is 0 Å². The molecule has 152 valence electrons. The monoisotopic (exact) mass is 425 g/mol. The van der Waals surface area contributed by atoms with E-state index in [-0.39, 0.29) is 30.7 Å². The molecule has 1 aromatic carbocycles. The molecular formula is C20H25Cl2N3O3. The topological polar surface area (TPSA) is 69.7 Å². The lowest BCUT2D eigenvalue weighted by atomic mass is 10.1. The number of halogens is 2. The molecule has 1 atom stereocenters. The molecule has 1 aromatic rings. The van der Waals surface area contributed by atoms with Gasteiger partial charge < -0.3 is 15.1 Å². The Bertz CT molecular complexity index is 730. The Morgan fingerprint density at radius 2 is 1.64 bits per heavy atom. The number of hydrogen-bond acceptors (Lipinski definition) is 3. The van der Waals surface area contributed by atoms with Crippen LogP contribution in [0.2, 0.25) is 10.0 Å². The normalized spacial score (nSPS) is 19.6. The van der Waals surface area contributed by atoms with Gasteiger partial charge in [-0.25, -0.2) is 0 Å². The number of likely N-dealkylation sites (tertiary alicyclic amines) is 2. The number of carbonyl (C=O) groups is 3. The summed E-state index contributed by atoms with van der Waals surface area (Å²) in [4.78, 5) is 41.1. The molecule has 3 rings (SSSR count). The first-order valence-electron chi connectivity index (χ1n) is 9.78. The highest BCUT2D eigenvalue weighted by molar-refractivity contribution is 6.35. The van der Waals surface area contributed by atoms with E-state index in [2.05, 4.69) is 5.32 Å². The van der Waals surface area contributed by atoms with Crippen LogP contribution in [0.15, 0.2) is 18.2 Å². The number of rotatable bonds is 5. The Labute approximate surface area is 175 Å². The molecule has 0 radical (unpaired) electrons. The lowest BCUT2D eigenvalue weighted by Gasteiger charge is -2.27. The zero-order chi connectivity index (χ0) is 20.1. The number of hydrogen-bond donors (Lipinski definition) is 1. The van der Waals surface area contributed by atoms with Crippen LogP contribution in [0.25, 0.3) is 0 Å². The predicted molar refractivity (Wildman–Crippen MR) is 109 cm³/mol. The second-order valence-corrected chi connectivity index (χ2v) is 8.17. The number of amides is 3. The van der Waals surface area contributed by atoms with Gasteiger partial charge >= 0.3 is 0 Å². The fourth-order valence-corrected chi connectivity index (χ4v) is 4.36. The van der Waals surface area contributed by atoms with Crippen LogP contribution in [0.4, 0.5) is 0 Å². The van der Waals surface area contributed by atoms with Gasteiger partial charge in [0.15, 0.2) is 0 Å². The summed E-state index contributed by atoms with van der Waals surface area (Å²) in [6.45, 7) is 2.41. The molecule has 0 bridgehead atoms. The molecule has 0 spiro atoms. The standard InChI is InChI=1S/C20H25Cl2N3O3/c21-15-11-14(12-16(22)13-15)20(28)25-10-4-5-17(25)19(27)23-7-6-18(26)24-8-2-1-3-9-24/h11-13,17H,1-10H2,(H,23,27). The first-order chi connectivity index (χ1) is 13.5. The summed E-state index contributed by atoms with van der Waals surface area (Å²) in [6, 6.07) is 4.14. The molecule has 0 saturated carbocycles. The lowest BCUT2D eigenvalue weighted by Crippen LogP contribution is -2.46. The molecule has 2 aliphatic rings. The van der Waals surface area contributed by atoms with Crippen molar-refractivity contribution in [2.24, 2.45) is 0 Å². The first-order valence-corrected chi connectivity index (χ1v) is 10.5. The Kier molecular flexibility index (Phi) is 7.18. The summed E-state index contributed by atoms with van der Waals surface area (Å²) >= 11 is 12.0. The van der Waals surface area contributed by atoms with E-state index in [1.807, 2.05) is 4.90 Å². The van der Waals surface area contributed by atoms with Crippen LogP contribution in [0.1, 0.15) is 48.9 Å². The van der Waals surface area contributed by atoms with Crippen molar-refractivity contribution < 1.29 is 14.4 Å². The zero-order valence-electron chi connectivity index (χ0n) is 15.8. The smallest absolute Gasteiger partial charge is 0.254 e. The summed E-state index contributed by atoms with van der Waals surface area (Å²) in [5.41, 5.74) is 0.373. The van der Waals surface area contributed by atoms with Gasteiger partial charge in [-0.15, -0.1) is 0 Å². The molecule has 28 heavy (non-hydrogen) atoms. The van der Waals surface area contributed by atoms with Gasteiger partial charge in [0.05, 0.1) is 0 Å². The number of carbonyl (C=O) groups excluding carboxylic acids is 3. The summed E-state index contributed by atoms with van der Waals surface area (Å²) in [7, 11) is 0. The van der Waals surface area contributed by atoms with Crippen LogP contribution in [0, 0.1) is 0 Å². The van der Waals surface area contributed by atoms with E-state index in [9.17, 15) is 14.4 Å².